The molecule has 1 aliphatic rings. The Kier molecular flexibility index (Phi) is 5.04. The van der Waals surface area contributed by atoms with Crippen LogP contribution in [0.2, 0.25) is 0 Å². The maximum absolute atomic E-state index is 13.2. The molecule has 0 bridgehead atoms. The molecule has 1 aliphatic heterocycles. The lowest BCUT2D eigenvalue weighted by Crippen LogP contribution is -2.45. The Balaban J connectivity index is 1.63. The molecule has 1 atom stereocenters. The van der Waals surface area contributed by atoms with Crippen LogP contribution in [0.5, 0.6) is 0 Å². The topological polar surface area (TPSA) is 46.6 Å². The second kappa shape index (κ2) is 7.79. The fourth-order valence-corrected chi connectivity index (χ4v) is 3.47. The van der Waals surface area contributed by atoms with Gasteiger partial charge in [-0.3, -0.25) is 14.4 Å². The third-order valence-corrected chi connectivity index (χ3v) is 5.01. The molecule has 0 N–H and O–H groups in total. The van der Waals surface area contributed by atoms with Crippen molar-refractivity contribution in [2.24, 2.45) is 0 Å². The molecule has 3 aromatic rings. The van der Waals surface area contributed by atoms with Crippen LogP contribution in [-0.4, -0.2) is 16.9 Å². The van der Waals surface area contributed by atoms with Gasteiger partial charge in [-0.25, -0.2) is 0 Å². The number of imide groups is 1. The minimum atomic E-state index is -0.452. The van der Waals surface area contributed by atoms with E-state index >= 15 is 0 Å². The molecule has 0 aliphatic carbocycles. The summed E-state index contributed by atoms with van der Waals surface area (Å²) in [5.41, 5.74) is 4.40. The Morgan fingerprint density at radius 1 is 0.821 bits per heavy atom. The largest absolute Gasteiger partial charge is 0.285 e. The second-order valence-corrected chi connectivity index (χ2v) is 7.03. The molecule has 28 heavy (non-hydrogen) atoms. The highest BCUT2D eigenvalue weighted by Gasteiger charge is 2.39. The minimum Gasteiger partial charge on any atom is -0.271 e. The molecule has 4 nitrogen and oxygen atoms in total. The van der Waals surface area contributed by atoms with Crippen molar-refractivity contribution in [3.63, 3.8) is 0 Å². The van der Waals surface area contributed by atoms with Gasteiger partial charge in [0.05, 0.1) is 5.92 Å². The normalized spacial score (nSPS) is 16.2. The van der Waals surface area contributed by atoms with Crippen molar-refractivity contribution < 1.29 is 14.4 Å². The molecule has 0 saturated heterocycles. The van der Waals surface area contributed by atoms with Crippen LogP contribution >= 0.6 is 0 Å². The predicted octanol–water partition coefficient (Wildman–Crippen LogP) is 4.44. The monoisotopic (exact) mass is 371 g/mol. The van der Waals surface area contributed by atoms with Crippen molar-refractivity contribution in [3.05, 3.63) is 107 Å². The average molecular weight is 371 g/mol. The first-order valence-corrected chi connectivity index (χ1v) is 9.33. The SMILES string of the molecule is Cc1ccc(CC2C(=O)N(OCc3ccccc3)C(=O)c3ccccc32)cc1. The second-order valence-electron chi connectivity index (χ2n) is 7.03. The van der Waals surface area contributed by atoms with Crippen LogP contribution in [-0.2, 0) is 22.7 Å². The van der Waals surface area contributed by atoms with Crippen molar-refractivity contribution in [2.45, 2.75) is 25.9 Å². The Morgan fingerprint density at radius 2 is 1.50 bits per heavy atom. The quantitative estimate of drug-likeness (QED) is 0.623. The number of fused-ring (bicyclic) bond motifs is 1. The zero-order valence-corrected chi connectivity index (χ0v) is 15.7. The van der Waals surface area contributed by atoms with E-state index in [0.29, 0.717) is 12.0 Å². The van der Waals surface area contributed by atoms with E-state index < -0.39 is 11.8 Å². The number of nitrogens with zero attached hydrogens (tertiary/aromatic N) is 1. The molecule has 1 heterocycles. The van der Waals surface area contributed by atoms with Gasteiger partial charge in [0.25, 0.3) is 11.8 Å². The lowest BCUT2D eigenvalue weighted by molar-refractivity contribution is -0.176. The number of hydroxylamine groups is 2. The number of aryl methyl sites for hydroxylation is 1. The summed E-state index contributed by atoms with van der Waals surface area (Å²) in [5.74, 6) is -1.18. The van der Waals surface area contributed by atoms with E-state index in [9.17, 15) is 9.59 Å². The van der Waals surface area contributed by atoms with Gasteiger partial charge in [0.15, 0.2) is 0 Å². The van der Waals surface area contributed by atoms with Gasteiger partial charge >= 0.3 is 0 Å². The summed E-state index contributed by atoms with van der Waals surface area (Å²) in [6.07, 6.45) is 0.522. The fourth-order valence-electron chi connectivity index (χ4n) is 3.47. The van der Waals surface area contributed by atoms with Crippen LogP contribution in [0.4, 0.5) is 0 Å². The van der Waals surface area contributed by atoms with Crippen molar-refractivity contribution in [3.8, 4) is 0 Å². The smallest absolute Gasteiger partial charge is 0.271 e. The molecule has 140 valence electrons. The first-order valence-electron chi connectivity index (χ1n) is 9.33. The van der Waals surface area contributed by atoms with Crippen LogP contribution in [0.1, 0.15) is 38.5 Å². The van der Waals surface area contributed by atoms with Crippen LogP contribution in [0.25, 0.3) is 0 Å². The lowest BCUT2D eigenvalue weighted by Gasteiger charge is -2.31. The maximum Gasteiger partial charge on any atom is 0.285 e. The Labute approximate surface area is 164 Å². The van der Waals surface area contributed by atoms with Gasteiger partial charge in [0, 0.05) is 5.56 Å². The first kappa shape index (κ1) is 18.1. The zero-order chi connectivity index (χ0) is 19.5. The molecule has 0 radical (unpaired) electrons. The van der Waals surface area contributed by atoms with E-state index in [2.05, 4.69) is 0 Å². The summed E-state index contributed by atoms with van der Waals surface area (Å²) in [7, 11) is 0. The van der Waals surface area contributed by atoms with E-state index in [1.807, 2.05) is 79.7 Å². The molecule has 3 aromatic carbocycles. The zero-order valence-electron chi connectivity index (χ0n) is 15.7. The van der Waals surface area contributed by atoms with Crippen LogP contribution in [0.15, 0.2) is 78.9 Å². The summed E-state index contributed by atoms with van der Waals surface area (Å²) in [6, 6.07) is 24.9. The summed E-state index contributed by atoms with van der Waals surface area (Å²) in [4.78, 5) is 31.7. The number of hydrogen-bond donors (Lipinski definition) is 0. The molecule has 4 rings (SSSR count). The summed E-state index contributed by atoms with van der Waals surface area (Å²) in [6.45, 7) is 2.19. The van der Waals surface area contributed by atoms with E-state index in [0.717, 1.165) is 21.8 Å². The Bertz CT molecular complexity index is 996. The van der Waals surface area contributed by atoms with Gasteiger partial charge in [0.2, 0.25) is 0 Å². The average Bonchev–Trinajstić information content (AvgIpc) is 2.73. The predicted molar refractivity (Wildman–Crippen MR) is 106 cm³/mol. The summed E-state index contributed by atoms with van der Waals surface area (Å²) < 4.78 is 0. The number of amides is 2. The fraction of sp³-hybridized carbons (Fsp3) is 0.167. The van der Waals surface area contributed by atoms with Gasteiger partial charge < -0.3 is 0 Å². The van der Waals surface area contributed by atoms with Gasteiger partial charge in [-0.15, -0.1) is 5.06 Å². The third-order valence-electron chi connectivity index (χ3n) is 5.01. The number of hydrogen-bond acceptors (Lipinski definition) is 3. The molecular weight excluding hydrogens is 350 g/mol. The van der Waals surface area contributed by atoms with E-state index in [-0.39, 0.29) is 12.5 Å². The van der Waals surface area contributed by atoms with E-state index in [4.69, 9.17) is 4.84 Å². The van der Waals surface area contributed by atoms with Gasteiger partial charge in [-0.1, -0.05) is 78.4 Å². The molecule has 4 heteroatoms. The van der Waals surface area contributed by atoms with Gasteiger partial charge in [-0.05, 0) is 36.1 Å². The highest BCUT2D eigenvalue weighted by atomic mass is 16.7. The van der Waals surface area contributed by atoms with Crippen molar-refractivity contribution >= 4 is 11.8 Å². The molecule has 0 fully saturated rings. The highest BCUT2D eigenvalue weighted by molar-refractivity contribution is 6.10. The maximum atomic E-state index is 13.2. The molecule has 1 unspecified atom stereocenters. The number of carbonyl (C=O) groups is 2. The lowest BCUT2D eigenvalue weighted by atomic mass is 9.85. The number of carbonyl (C=O) groups excluding carboxylic acids is 2. The van der Waals surface area contributed by atoms with Crippen LogP contribution in [0.3, 0.4) is 0 Å². The van der Waals surface area contributed by atoms with Crippen molar-refractivity contribution in [2.75, 3.05) is 0 Å². The third kappa shape index (κ3) is 3.59. The Morgan fingerprint density at radius 3 is 2.25 bits per heavy atom. The molecule has 2 amide bonds. The number of benzene rings is 3. The Hall–Kier alpha value is -3.24. The number of rotatable bonds is 5. The highest BCUT2D eigenvalue weighted by Crippen LogP contribution is 2.32. The van der Waals surface area contributed by atoms with Crippen molar-refractivity contribution in [1.29, 1.82) is 0 Å². The standard InChI is InChI=1S/C24H21NO3/c1-17-11-13-18(14-12-17)15-22-20-9-5-6-10-21(20)23(26)25(24(22)27)28-16-19-7-3-2-4-8-19/h2-14,22H,15-16H2,1H3. The van der Waals surface area contributed by atoms with E-state index in [1.54, 1.807) is 6.07 Å². The molecular formula is C24H21NO3. The van der Waals surface area contributed by atoms with Gasteiger partial charge in [-0.2, -0.15) is 0 Å². The first-order chi connectivity index (χ1) is 13.6. The van der Waals surface area contributed by atoms with Crippen molar-refractivity contribution in [1.82, 2.24) is 5.06 Å². The van der Waals surface area contributed by atoms with Crippen LogP contribution < -0.4 is 0 Å². The summed E-state index contributed by atoms with van der Waals surface area (Å²) >= 11 is 0. The van der Waals surface area contributed by atoms with Crippen LogP contribution in [0, 0.1) is 6.92 Å². The molecule has 0 saturated carbocycles. The molecule has 0 spiro atoms. The summed E-state index contributed by atoms with van der Waals surface area (Å²) in [5, 5.41) is 0.939. The van der Waals surface area contributed by atoms with E-state index in [1.165, 1.54) is 5.56 Å². The van der Waals surface area contributed by atoms with Gasteiger partial charge in [0.1, 0.15) is 6.61 Å². The molecule has 0 aromatic heterocycles. The minimum absolute atomic E-state index is 0.164.